The Kier molecular flexibility index (Phi) is 7.00. The highest BCUT2D eigenvalue weighted by Gasteiger charge is 2.17. The van der Waals surface area contributed by atoms with Crippen LogP contribution in [0.5, 0.6) is 5.75 Å². The van der Waals surface area contributed by atoms with Crippen LogP contribution < -0.4 is 10.1 Å². The van der Waals surface area contributed by atoms with E-state index in [9.17, 15) is 9.59 Å². The Balaban J connectivity index is 1.63. The highest BCUT2D eigenvalue weighted by molar-refractivity contribution is 5.89. The molecule has 5 heteroatoms. The van der Waals surface area contributed by atoms with Crippen molar-refractivity contribution in [1.29, 1.82) is 0 Å². The van der Waals surface area contributed by atoms with Crippen LogP contribution >= 0.6 is 0 Å². The lowest BCUT2D eigenvalue weighted by molar-refractivity contribution is -0.123. The monoisotopic (exact) mass is 389 g/mol. The molecule has 0 aliphatic heterocycles. The van der Waals surface area contributed by atoms with E-state index in [-0.39, 0.29) is 24.5 Å². The molecule has 0 aliphatic rings. The quantitative estimate of drug-likeness (QED) is 0.588. The van der Waals surface area contributed by atoms with E-state index in [4.69, 9.17) is 9.47 Å². The second kappa shape index (κ2) is 10.1. The highest BCUT2D eigenvalue weighted by Crippen LogP contribution is 2.21. The van der Waals surface area contributed by atoms with Gasteiger partial charge in [0.05, 0.1) is 18.2 Å². The molecule has 0 saturated carbocycles. The summed E-state index contributed by atoms with van der Waals surface area (Å²) in [4.78, 5) is 24.2. The number of rotatable bonds is 8. The minimum absolute atomic E-state index is 0.130. The molecule has 29 heavy (non-hydrogen) atoms. The van der Waals surface area contributed by atoms with E-state index < -0.39 is 0 Å². The lowest BCUT2D eigenvalue weighted by Crippen LogP contribution is -2.33. The van der Waals surface area contributed by atoms with Crippen molar-refractivity contribution in [3.05, 3.63) is 102 Å². The Bertz CT molecular complexity index is 885. The largest absolute Gasteiger partial charge is 0.484 e. The first-order chi connectivity index (χ1) is 14.2. The zero-order valence-electron chi connectivity index (χ0n) is 16.2. The number of amides is 1. The third-order valence-electron chi connectivity index (χ3n) is 4.31. The van der Waals surface area contributed by atoms with Crippen molar-refractivity contribution < 1.29 is 19.1 Å². The fourth-order valence-corrected chi connectivity index (χ4v) is 2.90. The van der Waals surface area contributed by atoms with Gasteiger partial charge in [0.1, 0.15) is 5.75 Å². The van der Waals surface area contributed by atoms with E-state index in [2.05, 4.69) is 5.32 Å². The molecule has 3 rings (SSSR count). The second-order valence-electron chi connectivity index (χ2n) is 6.36. The molecule has 0 aliphatic carbocycles. The van der Waals surface area contributed by atoms with Gasteiger partial charge in [0.2, 0.25) is 0 Å². The number of esters is 1. The molecule has 3 aromatic rings. The van der Waals surface area contributed by atoms with Crippen molar-refractivity contribution in [2.45, 2.75) is 13.0 Å². The molecule has 0 aromatic heterocycles. The van der Waals surface area contributed by atoms with Gasteiger partial charge in [-0.3, -0.25) is 4.79 Å². The van der Waals surface area contributed by atoms with Gasteiger partial charge in [-0.05, 0) is 42.3 Å². The van der Waals surface area contributed by atoms with Crippen LogP contribution in [-0.4, -0.2) is 25.1 Å². The normalized spacial score (nSPS) is 10.4. The summed E-state index contributed by atoms with van der Waals surface area (Å²) in [6, 6.07) is 25.8. The van der Waals surface area contributed by atoms with Gasteiger partial charge < -0.3 is 14.8 Å². The molecular weight excluding hydrogens is 366 g/mol. The molecule has 0 spiro atoms. The molecule has 0 saturated heterocycles. The highest BCUT2D eigenvalue weighted by atomic mass is 16.5. The van der Waals surface area contributed by atoms with E-state index in [0.717, 1.165) is 11.1 Å². The lowest BCUT2D eigenvalue weighted by Gasteiger charge is -2.20. The van der Waals surface area contributed by atoms with Crippen molar-refractivity contribution in [2.24, 2.45) is 0 Å². The van der Waals surface area contributed by atoms with Crippen LogP contribution in [0, 0.1) is 0 Å². The van der Waals surface area contributed by atoms with Gasteiger partial charge in [-0.25, -0.2) is 4.79 Å². The molecular formula is C24H23NO4. The Hall–Kier alpha value is -3.60. The summed E-state index contributed by atoms with van der Waals surface area (Å²) in [5, 5.41) is 3.03. The Morgan fingerprint density at radius 2 is 1.38 bits per heavy atom. The van der Waals surface area contributed by atoms with Crippen molar-refractivity contribution >= 4 is 11.9 Å². The lowest BCUT2D eigenvalue weighted by atomic mass is 9.99. The zero-order chi connectivity index (χ0) is 20.5. The topological polar surface area (TPSA) is 64.6 Å². The molecule has 1 N–H and O–H groups in total. The van der Waals surface area contributed by atoms with E-state index in [1.54, 1.807) is 31.2 Å². The number of hydrogen-bond donors (Lipinski definition) is 1. The van der Waals surface area contributed by atoms with Gasteiger partial charge in [0, 0.05) is 0 Å². The van der Waals surface area contributed by atoms with Crippen molar-refractivity contribution in [3.63, 3.8) is 0 Å². The second-order valence-corrected chi connectivity index (χ2v) is 6.36. The minimum atomic E-state index is -0.384. The van der Waals surface area contributed by atoms with Crippen LogP contribution in [0.1, 0.15) is 34.5 Å². The maximum atomic E-state index is 12.5. The number of carbonyl (C=O) groups is 2. The fourth-order valence-electron chi connectivity index (χ4n) is 2.90. The smallest absolute Gasteiger partial charge is 0.338 e. The van der Waals surface area contributed by atoms with Crippen LogP contribution in [-0.2, 0) is 9.53 Å². The summed E-state index contributed by atoms with van der Waals surface area (Å²) in [6.45, 7) is 1.95. The molecule has 0 atom stereocenters. The first-order valence-corrected chi connectivity index (χ1v) is 9.46. The molecule has 3 aromatic carbocycles. The maximum Gasteiger partial charge on any atom is 0.338 e. The maximum absolute atomic E-state index is 12.5. The Labute approximate surface area is 170 Å². The average molecular weight is 389 g/mol. The standard InChI is InChI=1S/C24H23NO4/c1-2-28-24(27)20-13-15-21(16-14-20)29-17-22(26)25-23(18-9-5-3-6-10-18)19-11-7-4-8-12-19/h3-16,23H,2,17H2,1H3,(H,25,26). The summed E-state index contributed by atoms with van der Waals surface area (Å²) >= 11 is 0. The predicted octanol–water partition coefficient (Wildman–Crippen LogP) is 4.15. The molecule has 5 nitrogen and oxygen atoms in total. The summed E-state index contributed by atoms with van der Waals surface area (Å²) in [6.07, 6.45) is 0. The Morgan fingerprint density at radius 3 is 1.90 bits per heavy atom. The molecule has 1 amide bonds. The number of hydrogen-bond acceptors (Lipinski definition) is 4. The van der Waals surface area contributed by atoms with Gasteiger partial charge in [-0.1, -0.05) is 60.7 Å². The van der Waals surface area contributed by atoms with Crippen LogP contribution in [0.3, 0.4) is 0 Å². The van der Waals surface area contributed by atoms with Gasteiger partial charge in [0.15, 0.2) is 6.61 Å². The van der Waals surface area contributed by atoms with Gasteiger partial charge in [0.25, 0.3) is 5.91 Å². The van der Waals surface area contributed by atoms with E-state index >= 15 is 0 Å². The number of nitrogens with one attached hydrogen (secondary N) is 1. The molecule has 148 valence electrons. The molecule has 0 fully saturated rings. The summed E-state index contributed by atoms with van der Waals surface area (Å²) in [5.74, 6) is -0.119. The van der Waals surface area contributed by atoms with E-state index in [1.807, 2.05) is 60.7 Å². The predicted molar refractivity (Wildman–Crippen MR) is 111 cm³/mol. The van der Waals surface area contributed by atoms with E-state index in [0.29, 0.717) is 17.9 Å². The van der Waals surface area contributed by atoms with Crippen LogP contribution in [0.4, 0.5) is 0 Å². The SMILES string of the molecule is CCOC(=O)c1ccc(OCC(=O)NC(c2ccccc2)c2ccccc2)cc1. The molecule has 0 bridgehead atoms. The first kappa shape index (κ1) is 20.1. The molecule has 0 heterocycles. The fraction of sp³-hybridized carbons (Fsp3) is 0.167. The van der Waals surface area contributed by atoms with Gasteiger partial charge >= 0.3 is 5.97 Å². The average Bonchev–Trinajstić information content (AvgIpc) is 2.78. The third kappa shape index (κ3) is 5.69. The van der Waals surface area contributed by atoms with Crippen molar-refractivity contribution in [3.8, 4) is 5.75 Å². The third-order valence-corrected chi connectivity index (χ3v) is 4.31. The Morgan fingerprint density at radius 1 is 0.828 bits per heavy atom. The zero-order valence-corrected chi connectivity index (χ0v) is 16.2. The summed E-state index contributed by atoms with van der Waals surface area (Å²) in [7, 11) is 0. The number of ether oxygens (including phenoxy) is 2. The van der Waals surface area contributed by atoms with Crippen molar-refractivity contribution in [2.75, 3.05) is 13.2 Å². The summed E-state index contributed by atoms with van der Waals surface area (Å²) < 4.78 is 10.5. The first-order valence-electron chi connectivity index (χ1n) is 9.46. The van der Waals surface area contributed by atoms with Crippen LogP contribution in [0.25, 0.3) is 0 Å². The van der Waals surface area contributed by atoms with Crippen LogP contribution in [0.15, 0.2) is 84.9 Å². The minimum Gasteiger partial charge on any atom is -0.484 e. The van der Waals surface area contributed by atoms with E-state index in [1.165, 1.54) is 0 Å². The van der Waals surface area contributed by atoms with Gasteiger partial charge in [-0.15, -0.1) is 0 Å². The van der Waals surface area contributed by atoms with Crippen LogP contribution in [0.2, 0.25) is 0 Å². The van der Waals surface area contributed by atoms with Gasteiger partial charge in [-0.2, -0.15) is 0 Å². The van der Waals surface area contributed by atoms with Crippen molar-refractivity contribution in [1.82, 2.24) is 5.32 Å². The molecule has 0 radical (unpaired) electrons. The summed E-state index contributed by atoms with van der Waals surface area (Å²) in [5.41, 5.74) is 2.42. The molecule has 0 unspecified atom stereocenters. The number of benzene rings is 3. The number of carbonyl (C=O) groups excluding carboxylic acids is 2.